The molecule has 0 aromatic heterocycles. The fraction of sp³-hybridized carbons (Fsp3) is 0.211. The highest BCUT2D eigenvalue weighted by Gasteiger charge is 2.02. The maximum atomic E-state index is 11.2. The Balaban J connectivity index is 2.14. The Hall–Kier alpha value is -2.35. The van der Waals surface area contributed by atoms with Crippen LogP contribution in [0.4, 0.5) is 0 Å². The summed E-state index contributed by atoms with van der Waals surface area (Å²) in [4.78, 5) is 11.2. The topological polar surface area (TPSA) is 26.3 Å². The lowest BCUT2D eigenvalue weighted by Crippen LogP contribution is -2.05. The van der Waals surface area contributed by atoms with Gasteiger partial charge in [0.2, 0.25) is 0 Å². The lowest BCUT2D eigenvalue weighted by molar-refractivity contribution is -0.134. The van der Waals surface area contributed by atoms with Crippen molar-refractivity contribution in [2.75, 3.05) is 0 Å². The Kier molecular flexibility index (Phi) is 4.94. The zero-order chi connectivity index (χ0) is 15.2. The van der Waals surface area contributed by atoms with E-state index in [1.807, 2.05) is 24.3 Å². The normalized spacial score (nSPS) is 11.3. The van der Waals surface area contributed by atoms with E-state index in [2.05, 4.69) is 44.2 Å². The van der Waals surface area contributed by atoms with Crippen LogP contribution in [0.3, 0.4) is 0 Å². The van der Waals surface area contributed by atoms with E-state index in [0.717, 1.165) is 5.56 Å². The van der Waals surface area contributed by atoms with E-state index >= 15 is 0 Å². The molecule has 0 radical (unpaired) electrons. The number of hydrogen-bond acceptors (Lipinski definition) is 2. The fourth-order valence-electron chi connectivity index (χ4n) is 1.99. The predicted molar refractivity (Wildman–Crippen MR) is 87.1 cm³/mol. The fourth-order valence-corrected chi connectivity index (χ4v) is 1.99. The third kappa shape index (κ3) is 4.32. The van der Waals surface area contributed by atoms with E-state index in [-0.39, 0.29) is 5.97 Å². The number of carbonyl (C=O) groups excluding carboxylic acids is 1. The average molecular weight is 280 g/mol. The number of benzene rings is 2. The first-order valence-corrected chi connectivity index (χ1v) is 7.14. The third-order valence-electron chi connectivity index (χ3n) is 3.29. The van der Waals surface area contributed by atoms with Crippen LogP contribution >= 0.6 is 0 Å². The van der Waals surface area contributed by atoms with E-state index in [1.165, 1.54) is 16.7 Å². The van der Waals surface area contributed by atoms with Gasteiger partial charge < -0.3 is 4.74 Å². The van der Waals surface area contributed by atoms with Gasteiger partial charge in [0.15, 0.2) is 0 Å². The van der Waals surface area contributed by atoms with E-state index in [0.29, 0.717) is 12.2 Å². The van der Waals surface area contributed by atoms with Crippen LogP contribution in [-0.4, -0.2) is 5.97 Å². The molecule has 2 nitrogen and oxygen atoms in total. The largest absolute Gasteiger partial charge is 0.427 e. The Bertz CT molecular complexity index is 634. The summed E-state index contributed by atoms with van der Waals surface area (Å²) >= 11 is 0. The van der Waals surface area contributed by atoms with Crippen molar-refractivity contribution < 1.29 is 9.53 Å². The highest BCUT2D eigenvalue weighted by Crippen LogP contribution is 2.21. The van der Waals surface area contributed by atoms with Crippen LogP contribution in [0.15, 0.2) is 48.5 Å². The van der Waals surface area contributed by atoms with Crippen LogP contribution in [-0.2, 0) is 4.79 Å². The molecule has 0 saturated heterocycles. The van der Waals surface area contributed by atoms with Gasteiger partial charge in [-0.15, -0.1) is 0 Å². The predicted octanol–water partition coefficient (Wildman–Crippen LogP) is 4.87. The SMILES string of the molecule is CCC(=O)Oc1ccc(/C(C)=C/c2ccc(C)cc2)cc1. The van der Waals surface area contributed by atoms with Crippen LogP contribution in [0.5, 0.6) is 5.75 Å². The molecule has 0 spiro atoms. The van der Waals surface area contributed by atoms with Crippen LogP contribution < -0.4 is 4.74 Å². The number of rotatable bonds is 4. The first-order chi connectivity index (χ1) is 10.1. The molecule has 2 heteroatoms. The third-order valence-corrected chi connectivity index (χ3v) is 3.29. The lowest BCUT2D eigenvalue weighted by atomic mass is 10.0. The lowest BCUT2D eigenvalue weighted by Gasteiger charge is -2.05. The summed E-state index contributed by atoms with van der Waals surface area (Å²) in [5, 5.41) is 0. The summed E-state index contributed by atoms with van der Waals surface area (Å²) in [6.07, 6.45) is 2.53. The maximum absolute atomic E-state index is 11.2. The zero-order valence-electron chi connectivity index (χ0n) is 12.7. The van der Waals surface area contributed by atoms with E-state index in [9.17, 15) is 4.79 Å². The highest BCUT2D eigenvalue weighted by atomic mass is 16.5. The number of carbonyl (C=O) groups is 1. The standard InChI is InChI=1S/C19H20O2/c1-4-19(20)21-18-11-9-17(10-12-18)15(3)13-16-7-5-14(2)6-8-16/h5-13H,4H2,1-3H3/b15-13+. The molecule has 0 aliphatic heterocycles. The van der Waals surface area contributed by atoms with Gasteiger partial charge in [0.05, 0.1) is 0 Å². The molecule has 0 amide bonds. The van der Waals surface area contributed by atoms with Crippen molar-refractivity contribution in [2.24, 2.45) is 0 Å². The van der Waals surface area contributed by atoms with Crippen molar-refractivity contribution in [3.8, 4) is 5.75 Å². The molecule has 0 aliphatic rings. The quantitative estimate of drug-likeness (QED) is 0.453. The van der Waals surface area contributed by atoms with Crippen LogP contribution in [0.1, 0.15) is 37.0 Å². The molecule has 21 heavy (non-hydrogen) atoms. The average Bonchev–Trinajstić information content (AvgIpc) is 2.50. The summed E-state index contributed by atoms with van der Waals surface area (Å²) in [5.41, 5.74) is 4.73. The first-order valence-electron chi connectivity index (χ1n) is 7.14. The van der Waals surface area contributed by atoms with Crippen molar-refractivity contribution in [3.05, 3.63) is 65.2 Å². The van der Waals surface area contributed by atoms with Gasteiger partial charge in [-0.2, -0.15) is 0 Å². The highest BCUT2D eigenvalue weighted by molar-refractivity contribution is 5.80. The minimum absolute atomic E-state index is 0.213. The van der Waals surface area contributed by atoms with E-state index in [1.54, 1.807) is 6.92 Å². The summed E-state index contributed by atoms with van der Waals surface area (Å²) in [7, 11) is 0. The van der Waals surface area contributed by atoms with Gasteiger partial charge in [0.25, 0.3) is 0 Å². The van der Waals surface area contributed by atoms with Gasteiger partial charge in [0.1, 0.15) is 5.75 Å². The molecular weight excluding hydrogens is 260 g/mol. The van der Waals surface area contributed by atoms with Gasteiger partial charge in [0, 0.05) is 6.42 Å². The van der Waals surface area contributed by atoms with Crippen LogP contribution in [0.2, 0.25) is 0 Å². The molecule has 0 aliphatic carbocycles. The second-order valence-corrected chi connectivity index (χ2v) is 5.09. The first kappa shape index (κ1) is 15.0. The Labute approximate surface area is 126 Å². The molecule has 0 atom stereocenters. The molecule has 2 aromatic carbocycles. The molecule has 0 saturated carbocycles. The van der Waals surface area contributed by atoms with E-state index in [4.69, 9.17) is 4.74 Å². The summed E-state index contributed by atoms with van der Waals surface area (Å²) in [6, 6.07) is 16.0. The van der Waals surface area contributed by atoms with Gasteiger partial charge in [-0.3, -0.25) is 4.79 Å². The summed E-state index contributed by atoms with van der Waals surface area (Å²) < 4.78 is 5.17. The molecule has 0 fully saturated rings. The molecule has 2 aromatic rings. The Morgan fingerprint density at radius 1 is 1.05 bits per heavy atom. The monoisotopic (exact) mass is 280 g/mol. The molecule has 108 valence electrons. The molecule has 0 bridgehead atoms. The number of hydrogen-bond donors (Lipinski definition) is 0. The van der Waals surface area contributed by atoms with Crippen LogP contribution in [0, 0.1) is 6.92 Å². The number of esters is 1. The molecule has 0 unspecified atom stereocenters. The van der Waals surface area contributed by atoms with Crippen molar-refractivity contribution in [2.45, 2.75) is 27.2 Å². The maximum Gasteiger partial charge on any atom is 0.310 e. The molecule has 2 rings (SSSR count). The smallest absolute Gasteiger partial charge is 0.310 e. The second kappa shape index (κ2) is 6.89. The summed E-state index contributed by atoms with van der Waals surface area (Å²) in [5.74, 6) is 0.378. The second-order valence-electron chi connectivity index (χ2n) is 5.09. The minimum atomic E-state index is -0.213. The molecule has 0 N–H and O–H groups in total. The summed E-state index contributed by atoms with van der Waals surface area (Å²) in [6.45, 7) is 5.94. The molecular formula is C19H20O2. The zero-order valence-corrected chi connectivity index (χ0v) is 12.7. The van der Waals surface area contributed by atoms with Gasteiger partial charge >= 0.3 is 5.97 Å². The van der Waals surface area contributed by atoms with Crippen molar-refractivity contribution in [3.63, 3.8) is 0 Å². The van der Waals surface area contributed by atoms with Gasteiger partial charge in [-0.1, -0.05) is 55.0 Å². The number of aryl methyl sites for hydroxylation is 1. The Morgan fingerprint density at radius 3 is 2.24 bits per heavy atom. The van der Waals surface area contributed by atoms with Crippen LogP contribution in [0.25, 0.3) is 11.6 Å². The molecule has 0 heterocycles. The minimum Gasteiger partial charge on any atom is -0.427 e. The van der Waals surface area contributed by atoms with Crippen molar-refractivity contribution in [1.29, 1.82) is 0 Å². The number of allylic oxidation sites excluding steroid dienone is 1. The van der Waals surface area contributed by atoms with E-state index < -0.39 is 0 Å². The Morgan fingerprint density at radius 2 is 1.67 bits per heavy atom. The van der Waals surface area contributed by atoms with Crippen molar-refractivity contribution >= 4 is 17.6 Å². The number of ether oxygens (including phenoxy) is 1. The van der Waals surface area contributed by atoms with Crippen molar-refractivity contribution in [1.82, 2.24) is 0 Å². The van der Waals surface area contributed by atoms with Gasteiger partial charge in [-0.25, -0.2) is 0 Å². The van der Waals surface area contributed by atoms with Gasteiger partial charge in [-0.05, 0) is 42.7 Å².